The van der Waals surface area contributed by atoms with Crippen LogP contribution in [-0.2, 0) is 36.7 Å². The highest BCUT2D eigenvalue weighted by atomic mass is 32.2. The third-order valence-corrected chi connectivity index (χ3v) is 9.43. The molecule has 0 unspecified atom stereocenters. The quantitative estimate of drug-likeness (QED) is 0.342. The Kier molecular flexibility index (Phi) is 7.49. The first-order valence-electron chi connectivity index (χ1n) is 12.0. The van der Waals surface area contributed by atoms with Gasteiger partial charge in [-0.3, -0.25) is 4.79 Å². The van der Waals surface area contributed by atoms with Crippen LogP contribution in [0.3, 0.4) is 0 Å². The van der Waals surface area contributed by atoms with Gasteiger partial charge in [0, 0.05) is 16.1 Å². The molecule has 0 bridgehead atoms. The van der Waals surface area contributed by atoms with Crippen LogP contribution in [0.25, 0.3) is 0 Å². The van der Waals surface area contributed by atoms with Crippen LogP contribution in [0.15, 0.2) is 5.16 Å². The van der Waals surface area contributed by atoms with Crippen LogP contribution in [0.2, 0.25) is 0 Å². The van der Waals surface area contributed by atoms with Crippen molar-refractivity contribution in [1.29, 1.82) is 5.26 Å². The second kappa shape index (κ2) is 10.1. The minimum Gasteiger partial charge on any atom is -0.316 e. The van der Waals surface area contributed by atoms with Gasteiger partial charge >= 0.3 is 6.18 Å². The summed E-state index contributed by atoms with van der Waals surface area (Å²) in [6.45, 7) is 6.74. The van der Waals surface area contributed by atoms with Gasteiger partial charge in [-0.05, 0) is 61.8 Å². The number of hydrogen-bond acceptors (Lipinski definition) is 6. The van der Waals surface area contributed by atoms with Crippen molar-refractivity contribution in [3.63, 3.8) is 0 Å². The predicted octanol–water partition coefficient (Wildman–Crippen LogP) is 6.58. The fraction of sp³-hybridized carbons (Fsp3) is 0.600. The summed E-state index contributed by atoms with van der Waals surface area (Å²) in [7, 11) is 0. The molecule has 1 amide bonds. The van der Waals surface area contributed by atoms with Gasteiger partial charge < -0.3 is 5.32 Å². The highest BCUT2D eigenvalue weighted by Crippen LogP contribution is 2.45. The molecule has 0 fully saturated rings. The summed E-state index contributed by atoms with van der Waals surface area (Å²) in [5.74, 6) is 0.00774. The van der Waals surface area contributed by atoms with E-state index in [1.807, 2.05) is 0 Å². The number of halogens is 3. The van der Waals surface area contributed by atoms with Gasteiger partial charge in [0.2, 0.25) is 5.91 Å². The molecule has 2 aromatic heterocycles. The zero-order valence-corrected chi connectivity index (χ0v) is 21.8. The molecule has 188 valence electrons. The Labute approximate surface area is 211 Å². The van der Waals surface area contributed by atoms with Crippen LogP contribution in [0, 0.1) is 22.7 Å². The van der Waals surface area contributed by atoms with E-state index in [0.29, 0.717) is 41.4 Å². The zero-order valence-electron chi connectivity index (χ0n) is 20.1. The van der Waals surface area contributed by atoms with Crippen molar-refractivity contribution in [1.82, 2.24) is 9.97 Å². The highest BCUT2D eigenvalue weighted by molar-refractivity contribution is 7.99. The molecule has 35 heavy (non-hydrogen) atoms. The lowest BCUT2D eigenvalue weighted by molar-refractivity contribution is -0.142. The molecular weight excluding hydrogens is 493 g/mol. The molecule has 1 atom stereocenters. The molecule has 2 aromatic rings. The number of alkyl halides is 3. The van der Waals surface area contributed by atoms with E-state index in [9.17, 15) is 23.2 Å². The third-order valence-electron chi connectivity index (χ3n) is 7.41. The molecule has 5 nitrogen and oxygen atoms in total. The van der Waals surface area contributed by atoms with E-state index in [0.717, 1.165) is 54.3 Å². The smallest absolute Gasteiger partial charge is 0.316 e. The van der Waals surface area contributed by atoms with Crippen LogP contribution < -0.4 is 5.32 Å². The van der Waals surface area contributed by atoms with Crippen molar-refractivity contribution in [2.75, 3.05) is 11.1 Å². The maximum atomic E-state index is 13.6. The number of fused-ring (bicyclic) bond motifs is 2. The maximum absolute atomic E-state index is 13.6. The summed E-state index contributed by atoms with van der Waals surface area (Å²) >= 11 is 2.34. The number of nitrogens with zero attached hydrogens (tertiary/aromatic N) is 3. The molecule has 1 N–H and O–H groups in total. The van der Waals surface area contributed by atoms with Gasteiger partial charge in [0.05, 0.1) is 11.3 Å². The van der Waals surface area contributed by atoms with Gasteiger partial charge in [-0.1, -0.05) is 39.0 Å². The van der Waals surface area contributed by atoms with E-state index >= 15 is 0 Å². The number of nitrogens with one attached hydrogen (secondary N) is 1. The van der Waals surface area contributed by atoms with Gasteiger partial charge in [-0.2, -0.15) is 18.4 Å². The Balaban J connectivity index is 1.47. The van der Waals surface area contributed by atoms with Crippen molar-refractivity contribution in [2.45, 2.75) is 83.5 Å². The van der Waals surface area contributed by atoms with Crippen LogP contribution in [0.1, 0.15) is 79.4 Å². The number of rotatable bonds is 6. The van der Waals surface area contributed by atoms with E-state index in [1.165, 1.54) is 11.3 Å². The van der Waals surface area contributed by atoms with Crippen LogP contribution in [0.5, 0.6) is 0 Å². The van der Waals surface area contributed by atoms with E-state index in [1.54, 1.807) is 0 Å². The molecule has 2 aliphatic rings. The number of hydrogen-bond donors (Lipinski definition) is 1. The number of aryl methyl sites for hydroxylation is 1. The fourth-order valence-corrected chi connectivity index (χ4v) is 6.87. The predicted molar refractivity (Wildman–Crippen MR) is 132 cm³/mol. The number of amides is 1. The van der Waals surface area contributed by atoms with E-state index in [2.05, 4.69) is 42.1 Å². The topological polar surface area (TPSA) is 78.7 Å². The van der Waals surface area contributed by atoms with Crippen molar-refractivity contribution >= 4 is 34.0 Å². The second-order valence-electron chi connectivity index (χ2n) is 9.92. The lowest BCUT2D eigenvalue weighted by Gasteiger charge is -2.36. The SMILES string of the molecule is CCC(C)(C)[C@H]1CCc2c(sc(NC(=O)CSc3nc4c(c(C(F)(F)F)n3)CCCC4)c2C#N)C1. The number of carbonyl (C=O) groups excluding carboxylic acids is 1. The maximum Gasteiger partial charge on any atom is 0.433 e. The van der Waals surface area contributed by atoms with Crippen molar-refractivity contribution < 1.29 is 18.0 Å². The summed E-state index contributed by atoms with van der Waals surface area (Å²) in [5, 5.41) is 13.1. The lowest BCUT2D eigenvalue weighted by Crippen LogP contribution is -2.28. The van der Waals surface area contributed by atoms with Gasteiger partial charge in [0.15, 0.2) is 10.9 Å². The number of thioether (sulfide) groups is 1. The van der Waals surface area contributed by atoms with Gasteiger partial charge in [-0.15, -0.1) is 11.3 Å². The van der Waals surface area contributed by atoms with Crippen LogP contribution in [0.4, 0.5) is 18.2 Å². The number of carbonyl (C=O) groups is 1. The van der Waals surface area contributed by atoms with E-state index in [4.69, 9.17) is 0 Å². The summed E-state index contributed by atoms with van der Waals surface area (Å²) in [6, 6.07) is 2.25. The van der Waals surface area contributed by atoms with Crippen molar-refractivity contribution in [3.05, 3.63) is 33.0 Å². The van der Waals surface area contributed by atoms with Gasteiger partial charge in [0.25, 0.3) is 0 Å². The molecule has 10 heteroatoms. The number of nitriles is 1. The summed E-state index contributed by atoms with van der Waals surface area (Å²) in [4.78, 5) is 21.9. The molecule has 2 heterocycles. The molecule has 0 radical (unpaired) electrons. The Bertz CT molecular complexity index is 1170. The molecule has 4 rings (SSSR count). The normalized spacial score (nSPS) is 17.9. The summed E-state index contributed by atoms with van der Waals surface area (Å²) in [5.41, 5.74) is 1.48. The lowest BCUT2D eigenvalue weighted by atomic mass is 9.69. The number of thiophene rings is 1. The van der Waals surface area contributed by atoms with Crippen molar-refractivity contribution in [2.24, 2.45) is 11.3 Å². The van der Waals surface area contributed by atoms with Crippen molar-refractivity contribution in [3.8, 4) is 6.07 Å². The molecular formula is C25H29F3N4OS2. The Morgan fingerprint density at radius 1 is 1.20 bits per heavy atom. The number of aromatic nitrogens is 2. The van der Waals surface area contributed by atoms with Gasteiger partial charge in [0.1, 0.15) is 11.1 Å². The van der Waals surface area contributed by atoms with E-state index < -0.39 is 11.9 Å². The van der Waals surface area contributed by atoms with Crippen LogP contribution in [-0.4, -0.2) is 21.6 Å². The molecule has 0 aliphatic heterocycles. The van der Waals surface area contributed by atoms with Crippen LogP contribution >= 0.6 is 23.1 Å². The Morgan fingerprint density at radius 2 is 1.94 bits per heavy atom. The molecule has 0 saturated carbocycles. The first-order chi connectivity index (χ1) is 16.5. The minimum absolute atomic E-state index is 0.0382. The third kappa shape index (κ3) is 5.51. The summed E-state index contributed by atoms with van der Waals surface area (Å²) < 4.78 is 40.7. The largest absolute Gasteiger partial charge is 0.433 e. The first-order valence-corrected chi connectivity index (χ1v) is 13.8. The standard InChI is InChI=1S/C25H29F3N4OS2/c1-4-24(2,3)14-9-10-15-17(12-29)22(35-19(15)11-14)31-20(33)13-34-23-30-18-8-6-5-7-16(18)21(32-23)25(26,27)28/h14H,4-11,13H2,1-3H3,(H,31,33)/t14-/m0/s1. The highest BCUT2D eigenvalue weighted by Gasteiger charge is 2.38. The first kappa shape index (κ1) is 26.0. The van der Waals surface area contributed by atoms with Gasteiger partial charge in [-0.25, -0.2) is 9.97 Å². The van der Waals surface area contributed by atoms with E-state index in [-0.39, 0.29) is 27.8 Å². The Hall–Kier alpha value is -2.12. The average Bonchev–Trinajstić information content (AvgIpc) is 3.17. The number of anilines is 1. The Morgan fingerprint density at radius 3 is 2.63 bits per heavy atom. The molecule has 0 saturated heterocycles. The zero-order chi connectivity index (χ0) is 25.4. The fourth-order valence-electron chi connectivity index (χ4n) is 4.91. The molecule has 0 aromatic carbocycles. The average molecular weight is 523 g/mol. The molecule has 2 aliphatic carbocycles. The second-order valence-corrected chi connectivity index (χ2v) is 12.0. The molecule has 0 spiro atoms. The monoisotopic (exact) mass is 522 g/mol. The summed E-state index contributed by atoms with van der Waals surface area (Å²) in [6.07, 6.45) is 1.54. The minimum atomic E-state index is -4.55.